The third-order valence-corrected chi connectivity index (χ3v) is 5.95. The van der Waals surface area contributed by atoms with Crippen molar-refractivity contribution in [2.24, 2.45) is 0 Å². The van der Waals surface area contributed by atoms with Crippen molar-refractivity contribution in [3.05, 3.63) is 93.5 Å². The fraction of sp³-hybridized carbons (Fsp3) is 0.0769. The van der Waals surface area contributed by atoms with Crippen LogP contribution in [-0.4, -0.2) is 37.0 Å². The number of aromatic nitrogens is 1. The Morgan fingerprint density at radius 2 is 1.46 bits per heavy atom. The molecule has 0 saturated heterocycles. The minimum absolute atomic E-state index is 0.0850. The Kier molecular flexibility index (Phi) is 7.00. The highest BCUT2D eigenvalue weighted by Gasteiger charge is 2.18. The number of carbonyl (C=O) groups is 3. The standard InChI is InChI=1S/C26H18Cl2N2O5/c1-34-25(32)15-9-16(26(33)35-2)11-17(10-15)29-24(31)19-13-23(14-7-8-20(27)21(28)12-14)30-22-6-4-3-5-18(19)22/h3-13H,1-2H3,(H,29,31). The van der Waals surface area contributed by atoms with Crippen molar-refractivity contribution in [2.45, 2.75) is 0 Å². The van der Waals surface area contributed by atoms with Gasteiger partial charge in [-0.05, 0) is 42.5 Å². The molecule has 1 N–H and O–H groups in total. The highest BCUT2D eigenvalue weighted by molar-refractivity contribution is 6.42. The number of halogens is 2. The second-order valence-electron chi connectivity index (χ2n) is 7.44. The number of hydrogen-bond acceptors (Lipinski definition) is 6. The Morgan fingerprint density at radius 3 is 2.09 bits per heavy atom. The van der Waals surface area contributed by atoms with Crippen LogP contribution in [0, 0.1) is 0 Å². The number of nitrogens with zero attached hydrogens (tertiary/aromatic N) is 1. The summed E-state index contributed by atoms with van der Waals surface area (Å²) in [6.07, 6.45) is 0. The van der Waals surface area contributed by atoms with E-state index in [0.717, 1.165) is 0 Å². The number of nitrogens with one attached hydrogen (secondary N) is 1. The number of methoxy groups -OCH3 is 2. The van der Waals surface area contributed by atoms with Gasteiger partial charge in [-0.1, -0.05) is 47.5 Å². The summed E-state index contributed by atoms with van der Waals surface area (Å²) in [6, 6.07) is 18.1. The van der Waals surface area contributed by atoms with Gasteiger partial charge in [0.25, 0.3) is 5.91 Å². The average molecular weight is 509 g/mol. The molecule has 0 atom stereocenters. The van der Waals surface area contributed by atoms with Gasteiger partial charge in [-0.25, -0.2) is 14.6 Å². The molecule has 0 aliphatic carbocycles. The average Bonchev–Trinajstić information content (AvgIpc) is 2.88. The summed E-state index contributed by atoms with van der Waals surface area (Å²) >= 11 is 12.2. The van der Waals surface area contributed by atoms with Gasteiger partial charge in [0, 0.05) is 16.6 Å². The molecule has 0 bridgehead atoms. The Labute approximate surface area is 210 Å². The predicted molar refractivity (Wildman–Crippen MR) is 134 cm³/mol. The van der Waals surface area contributed by atoms with E-state index in [1.165, 1.54) is 32.4 Å². The zero-order valence-corrected chi connectivity index (χ0v) is 20.1. The summed E-state index contributed by atoms with van der Waals surface area (Å²) in [5.74, 6) is -1.80. The second kappa shape index (κ2) is 10.1. The molecule has 3 aromatic carbocycles. The molecule has 4 aromatic rings. The smallest absolute Gasteiger partial charge is 0.337 e. The molecule has 7 nitrogen and oxygen atoms in total. The third kappa shape index (κ3) is 5.11. The number of benzene rings is 3. The van der Waals surface area contributed by atoms with Crippen molar-refractivity contribution in [1.82, 2.24) is 4.98 Å². The van der Waals surface area contributed by atoms with Gasteiger partial charge in [-0.15, -0.1) is 0 Å². The van der Waals surface area contributed by atoms with Crippen LogP contribution in [0.25, 0.3) is 22.2 Å². The van der Waals surface area contributed by atoms with E-state index in [1.54, 1.807) is 42.5 Å². The molecule has 176 valence electrons. The van der Waals surface area contributed by atoms with Gasteiger partial charge >= 0.3 is 11.9 Å². The van der Waals surface area contributed by atoms with Crippen LogP contribution in [0.1, 0.15) is 31.1 Å². The number of hydrogen-bond donors (Lipinski definition) is 1. The van der Waals surface area contributed by atoms with Gasteiger partial charge in [0.2, 0.25) is 0 Å². The summed E-state index contributed by atoms with van der Waals surface area (Å²) in [5.41, 5.74) is 2.52. The summed E-state index contributed by atoms with van der Waals surface area (Å²) < 4.78 is 9.51. The van der Waals surface area contributed by atoms with E-state index in [1.807, 2.05) is 6.07 Å². The number of amides is 1. The summed E-state index contributed by atoms with van der Waals surface area (Å²) in [6.45, 7) is 0. The minimum atomic E-state index is -0.664. The number of rotatable bonds is 5. The van der Waals surface area contributed by atoms with Gasteiger partial charge in [0.15, 0.2) is 0 Å². The van der Waals surface area contributed by atoms with E-state index in [9.17, 15) is 14.4 Å². The van der Waals surface area contributed by atoms with E-state index >= 15 is 0 Å². The molecule has 1 heterocycles. The molecule has 0 aliphatic heterocycles. The lowest BCUT2D eigenvalue weighted by Crippen LogP contribution is -2.15. The molecule has 0 aliphatic rings. The van der Waals surface area contributed by atoms with Crippen LogP contribution >= 0.6 is 23.2 Å². The highest BCUT2D eigenvalue weighted by atomic mass is 35.5. The molecule has 35 heavy (non-hydrogen) atoms. The van der Waals surface area contributed by atoms with E-state index in [-0.39, 0.29) is 16.8 Å². The first-order valence-corrected chi connectivity index (χ1v) is 11.0. The maximum atomic E-state index is 13.4. The molecule has 1 aromatic heterocycles. The van der Waals surface area contributed by atoms with E-state index in [0.29, 0.717) is 37.8 Å². The SMILES string of the molecule is COC(=O)c1cc(NC(=O)c2cc(-c3ccc(Cl)c(Cl)c3)nc3ccccc23)cc(C(=O)OC)c1. The number of para-hydroxylation sites is 1. The van der Waals surface area contributed by atoms with Crippen LogP contribution in [0.4, 0.5) is 5.69 Å². The number of carbonyl (C=O) groups excluding carboxylic acids is 3. The lowest BCUT2D eigenvalue weighted by molar-refractivity contribution is 0.0599. The highest BCUT2D eigenvalue weighted by Crippen LogP contribution is 2.30. The van der Waals surface area contributed by atoms with Gasteiger partial charge < -0.3 is 14.8 Å². The van der Waals surface area contributed by atoms with Crippen LogP contribution in [0.15, 0.2) is 66.7 Å². The predicted octanol–water partition coefficient (Wildman–Crippen LogP) is 6.03. The number of anilines is 1. The molecular formula is C26H18Cl2N2O5. The van der Waals surface area contributed by atoms with Gasteiger partial charge in [-0.3, -0.25) is 4.79 Å². The molecule has 0 spiro atoms. The van der Waals surface area contributed by atoms with Gasteiger partial charge in [0.1, 0.15) is 0 Å². The molecule has 9 heteroatoms. The lowest BCUT2D eigenvalue weighted by atomic mass is 10.0. The van der Waals surface area contributed by atoms with Crippen LogP contribution in [0.2, 0.25) is 10.0 Å². The van der Waals surface area contributed by atoms with Crippen LogP contribution in [0.3, 0.4) is 0 Å². The Bertz CT molecular complexity index is 1450. The van der Waals surface area contributed by atoms with Crippen molar-refractivity contribution >= 4 is 57.6 Å². The Balaban J connectivity index is 1.79. The monoisotopic (exact) mass is 508 g/mol. The maximum absolute atomic E-state index is 13.4. The van der Waals surface area contributed by atoms with Crippen molar-refractivity contribution in [2.75, 3.05) is 19.5 Å². The van der Waals surface area contributed by atoms with Crippen molar-refractivity contribution in [3.63, 3.8) is 0 Å². The first kappa shape index (κ1) is 24.2. The van der Waals surface area contributed by atoms with E-state index in [4.69, 9.17) is 32.7 Å². The first-order chi connectivity index (χ1) is 16.8. The fourth-order valence-corrected chi connectivity index (χ4v) is 3.83. The quantitative estimate of drug-likeness (QED) is 0.330. The normalized spacial score (nSPS) is 10.6. The summed E-state index contributed by atoms with van der Waals surface area (Å²) in [7, 11) is 2.44. The van der Waals surface area contributed by atoms with E-state index in [2.05, 4.69) is 10.3 Å². The fourth-order valence-electron chi connectivity index (χ4n) is 3.54. The first-order valence-electron chi connectivity index (χ1n) is 10.3. The maximum Gasteiger partial charge on any atom is 0.337 e. The van der Waals surface area contributed by atoms with Crippen molar-refractivity contribution in [1.29, 1.82) is 0 Å². The minimum Gasteiger partial charge on any atom is -0.465 e. The molecule has 0 saturated carbocycles. The van der Waals surface area contributed by atoms with E-state index < -0.39 is 17.8 Å². The zero-order chi connectivity index (χ0) is 25.1. The molecular weight excluding hydrogens is 491 g/mol. The van der Waals surface area contributed by atoms with Crippen LogP contribution in [0.5, 0.6) is 0 Å². The number of esters is 2. The van der Waals surface area contributed by atoms with Crippen LogP contribution < -0.4 is 5.32 Å². The van der Waals surface area contributed by atoms with Gasteiger partial charge in [-0.2, -0.15) is 0 Å². The number of fused-ring (bicyclic) bond motifs is 1. The zero-order valence-electron chi connectivity index (χ0n) is 18.6. The lowest BCUT2D eigenvalue weighted by Gasteiger charge is -2.12. The third-order valence-electron chi connectivity index (χ3n) is 5.21. The Morgan fingerprint density at radius 1 is 0.800 bits per heavy atom. The summed E-state index contributed by atoms with van der Waals surface area (Å²) in [4.78, 5) is 42.3. The number of pyridine rings is 1. The molecule has 4 rings (SSSR count). The molecule has 0 unspecified atom stereocenters. The van der Waals surface area contributed by atoms with Gasteiger partial charge in [0.05, 0.1) is 52.2 Å². The summed E-state index contributed by atoms with van der Waals surface area (Å²) in [5, 5.41) is 4.14. The topological polar surface area (TPSA) is 94.6 Å². The second-order valence-corrected chi connectivity index (χ2v) is 8.25. The van der Waals surface area contributed by atoms with Crippen LogP contribution in [-0.2, 0) is 9.47 Å². The Hall–Kier alpha value is -3.94. The molecule has 0 radical (unpaired) electrons. The van der Waals surface area contributed by atoms with Crippen molar-refractivity contribution < 1.29 is 23.9 Å². The molecule has 1 amide bonds. The molecule has 0 fully saturated rings. The van der Waals surface area contributed by atoms with Crippen molar-refractivity contribution in [3.8, 4) is 11.3 Å². The largest absolute Gasteiger partial charge is 0.465 e. The number of ether oxygens (including phenoxy) is 2.